The Bertz CT molecular complexity index is 1070. The molecule has 0 aliphatic carbocycles. The summed E-state index contributed by atoms with van der Waals surface area (Å²) in [6, 6.07) is 8.29. The fraction of sp³-hybridized carbons (Fsp3) is 0.125. The number of nitrogens with zero attached hydrogens (tertiary/aromatic N) is 4. The van der Waals surface area contributed by atoms with E-state index in [1.165, 1.54) is 30.3 Å². The third kappa shape index (κ3) is 3.97. The third-order valence-corrected chi connectivity index (χ3v) is 4.85. The van der Waals surface area contributed by atoms with Gasteiger partial charge in [0.2, 0.25) is 0 Å². The lowest BCUT2D eigenvalue weighted by Gasteiger charge is -2.15. The lowest BCUT2D eigenvalue weighted by atomic mass is 10.2. The summed E-state index contributed by atoms with van der Waals surface area (Å²) < 4.78 is 31.8. The van der Waals surface area contributed by atoms with Crippen molar-refractivity contribution in [3.8, 4) is 5.75 Å². The van der Waals surface area contributed by atoms with E-state index in [-0.39, 0.29) is 16.5 Å². The number of hydrogen-bond donors (Lipinski definition) is 2. The first-order valence-corrected chi connectivity index (χ1v) is 9.34. The molecule has 9 nitrogen and oxygen atoms in total. The lowest BCUT2D eigenvalue weighted by Crippen LogP contribution is -2.30. The summed E-state index contributed by atoms with van der Waals surface area (Å²) in [4.78, 5) is 12.2. The van der Waals surface area contributed by atoms with Gasteiger partial charge >= 0.3 is 0 Å². The summed E-state index contributed by atoms with van der Waals surface area (Å²) in [5.41, 5.74) is 0.757. The molecule has 1 unspecified atom stereocenters. The van der Waals surface area contributed by atoms with Crippen LogP contribution < -0.4 is 5.01 Å². The first-order valence-electron chi connectivity index (χ1n) is 7.53. The van der Waals surface area contributed by atoms with Crippen LogP contribution in [-0.2, 0) is 14.9 Å². The summed E-state index contributed by atoms with van der Waals surface area (Å²) in [6.07, 6.45) is 0. The van der Waals surface area contributed by atoms with Crippen molar-refractivity contribution in [3.63, 3.8) is 0 Å². The molecule has 0 radical (unpaired) electrons. The minimum atomic E-state index is -4.47. The first kappa shape index (κ1) is 19.0. The smallest absolute Gasteiger partial charge is 0.294 e. The molecule has 1 aliphatic rings. The second-order valence-corrected chi connectivity index (χ2v) is 7.44. The zero-order valence-corrected chi connectivity index (χ0v) is 15.4. The molecule has 0 spiro atoms. The van der Waals surface area contributed by atoms with E-state index in [0.29, 0.717) is 11.4 Å². The zero-order chi connectivity index (χ0) is 19.8. The minimum absolute atomic E-state index is 0.00141. The van der Waals surface area contributed by atoms with Crippen LogP contribution in [0.15, 0.2) is 62.7 Å². The number of hydrogen-bond acceptors (Lipinski definition) is 7. The fourth-order valence-electron chi connectivity index (χ4n) is 2.32. The number of benzene rings is 2. The van der Waals surface area contributed by atoms with Crippen molar-refractivity contribution in [1.82, 2.24) is 0 Å². The van der Waals surface area contributed by atoms with Crippen LogP contribution >= 0.6 is 11.6 Å². The summed E-state index contributed by atoms with van der Waals surface area (Å²) in [7, 11) is -4.47. The molecule has 27 heavy (non-hydrogen) atoms. The highest BCUT2D eigenvalue weighted by atomic mass is 35.5. The van der Waals surface area contributed by atoms with Crippen LogP contribution in [0.2, 0.25) is 5.02 Å². The van der Waals surface area contributed by atoms with Gasteiger partial charge in [-0.15, -0.1) is 0 Å². The van der Waals surface area contributed by atoms with Gasteiger partial charge in [0.05, 0.1) is 27.0 Å². The topological polar surface area (TPSA) is 132 Å². The van der Waals surface area contributed by atoms with E-state index in [0.717, 1.165) is 17.1 Å². The van der Waals surface area contributed by atoms with Gasteiger partial charge < -0.3 is 5.11 Å². The minimum Gasteiger partial charge on any atom is -0.508 e. The van der Waals surface area contributed by atoms with Crippen molar-refractivity contribution in [2.45, 2.75) is 17.9 Å². The van der Waals surface area contributed by atoms with E-state index in [4.69, 9.17) is 11.6 Å². The van der Waals surface area contributed by atoms with E-state index in [1.807, 2.05) is 0 Å². The number of carbonyl (C=O) groups excluding carboxylic acids is 1. The van der Waals surface area contributed by atoms with Crippen molar-refractivity contribution in [2.24, 2.45) is 15.3 Å². The predicted octanol–water partition coefficient (Wildman–Crippen LogP) is 3.17. The van der Waals surface area contributed by atoms with Gasteiger partial charge in [-0.3, -0.25) is 9.35 Å². The van der Waals surface area contributed by atoms with Crippen LogP contribution in [0.25, 0.3) is 0 Å². The van der Waals surface area contributed by atoms with E-state index in [9.17, 15) is 22.9 Å². The highest BCUT2D eigenvalue weighted by molar-refractivity contribution is 7.85. The number of rotatable bonds is 4. The van der Waals surface area contributed by atoms with Gasteiger partial charge in [0, 0.05) is 0 Å². The second-order valence-electron chi connectivity index (χ2n) is 5.61. The predicted molar refractivity (Wildman–Crippen MR) is 98.3 cm³/mol. The Balaban J connectivity index is 1.90. The molecule has 0 saturated carbocycles. The summed E-state index contributed by atoms with van der Waals surface area (Å²) >= 11 is 6.06. The van der Waals surface area contributed by atoms with Crippen LogP contribution in [0.1, 0.15) is 6.92 Å². The molecule has 2 N–H and O–H groups in total. The molecule has 0 bridgehead atoms. The zero-order valence-electron chi connectivity index (χ0n) is 13.8. The molecule has 0 fully saturated rings. The van der Waals surface area contributed by atoms with Crippen molar-refractivity contribution >= 4 is 44.7 Å². The van der Waals surface area contributed by atoms with Crippen LogP contribution in [0.5, 0.6) is 5.75 Å². The van der Waals surface area contributed by atoms with Gasteiger partial charge in [-0.25, -0.2) is 0 Å². The molecule has 2 aromatic carbocycles. The highest BCUT2D eigenvalue weighted by Crippen LogP contribution is 2.32. The molecule has 11 heteroatoms. The average Bonchev–Trinajstić information content (AvgIpc) is 2.88. The number of phenols is 1. The maximum absolute atomic E-state index is 12.7. The maximum Gasteiger partial charge on any atom is 0.294 e. The molecule has 3 rings (SSSR count). The molecule has 1 heterocycles. The largest absolute Gasteiger partial charge is 0.508 e. The van der Waals surface area contributed by atoms with E-state index in [1.54, 1.807) is 6.92 Å². The van der Waals surface area contributed by atoms with E-state index in [2.05, 4.69) is 15.3 Å². The average molecular weight is 409 g/mol. The van der Waals surface area contributed by atoms with Gasteiger partial charge in [-0.05, 0) is 49.4 Å². The number of halogens is 1. The van der Waals surface area contributed by atoms with Gasteiger partial charge in [0.25, 0.3) is 16.0 Å². The van der Waals surface area contributed by atoms with Gasteiger partial charge in [-0.1, -0.05) is 11.6 Å². The van der Waals surface area contributed by atoms with Gasteiger partial charge in [0.15, 0.2) is 6.04 Å². The Hall–Kier alpha value is -2.82. The van der Waals surface area contributed by atoms with Crippen LogP contribution in [0, 0.1) is 0 Å². The molecule has 0 saturated heterocycles. The lowest BCUT2D eigenvalue weighted by molar-refractivity contribution is -0.117. The van der Waals surface area contributed by atoms with E-state index >= 15 is 0 Å². The first-order chi connectivity index (χ1) is 12.7. The van der Waals surface area contributed by atoms with Crippen molar-refractivity contribution < 1.29 is 22.9 Å². The normalized spacial score (nSPS) is 17.6. The second kappa shape index (κ2) is 7.06. The van der Waals surface area contributed by atoms with Crippen molar-refractivity contribution in [2.75, 3.05) is 5.01 Å². The molecule has 140 valence electrons. The quantitative estimate of drug-likeness (QED) is 0.592. The maximum atomic E-state index is 12.7. The van der Waals surface area contributed by atoms with Crippen molar-refractivity contribution in [3.05, 3.63) is 47.5 Å². The number of hydrazone groups is 1. The van der Waals surface area contributed by atoms with E-state index < -0.39 is 27.0 Å². The number of azo groups is 1. The Labute approximate surface area is 159 Å². The fourth-order valence-corrected chi connectivity index (χ4v) is 3.02. The van der Waals surface area contributed by atoms with Crippen LogP contribution in [-0.4, -0.2) is 35.7 Å². The molecule has 0 aromatic heterocycles. The summed E-state index contributed by atoms with van der Waals surface area (Å²) in [5, 5.41) is 22.3. The molecule has 1 amide bonds. The third-order valence-electron chi connectivity index (χ3n) is 3.68. The Morgan fingerprint density at radius 2 is 1.85 bits per heavy atom. The van der Waals surface area contributed by atoms with Gasteiger partial charge in [0.1, 0.15) is 5.75 Å². The molecule has 2 aromatic rings. The highest BCUT2D eigenvalue weighted by Gasteiger charge is 2.36. The number of amides is 1. The Kier molecular flexibility index (Phi) is 4.96. The molecular weight excluding hydrogens is 396 g/mol. The monoisotopic (exact) mass is 408 g/mol. The Morgan fingerprint density at radius 1 is 1.19 bits per heavy atom. The Morgan fingerprint density at radius 3 is 2.48 bits per heavy atom. The number of aromatic hydroxyl groups is 1. The number of anilines is 1. The molecular formula is C16H13ClN4O5S. The van der Waals surface area contributed by atoms with Crippen molar-refractivity contribution in [1.29, 1.82) is 0 Å². The molecule has 1 aliphatic heterocycles. The van der Waals surface area contributed by atoms with Crippen LogP contribution in [0.3, 0.4) is 0 Å². The number of phenolic OH excluding ortho intramolecular Hbond substituents is 1. The number of carbonyl (C=O) groups is 1. The summed E-state index contributed by atoms with van der Waals surface area (Å²) in [6.45, 7) is 1.57. The standard InChI is InChI=1S/C16H13ClN4O5S/c1-9-15(19-18-10-2-4-11(22)5-3-10)16(23)21(20-9)14-8-12(27(24,25)26)6-7-13(14)17/h2-8,15,22H,1H3,(H,24,25,26). The van der Waals surface area contributed by atoms with Crippen LogP contribution in [0.4, 0.5) is 11.4 Å². The summed E-state index contributed by atoms with van der Waals surface area (Å²) in [5.74, 6) is -0.507. The SMILES string of the molecule is CC1=NN(c2cc(S(=O)(=O)O)ccc2Cl)C(=O)C1N=Nc1ccc(O)cc1. The van der Waals surface area contributed by atoms with Gasteiger partial charge in [-0.2, -0.15) is 28.8 Å². The molecule has 1 atom stereocenters.